The van der Waals surface area contributed by atoms with Gasteiger partial charge in [0.15, 0.2) is 0 Å². The van der Waals surface area contributed by atoms with Gasteiger partial charge < -0.3 is 15.0 Å². The summed E-state index contributed by atoms with van der Waals surface area (Å²) < 4.78 is 4.78. The topological polar surface area (TPSA) is 99.9 Å². The van der Waals surface area contributed by atoms with Gasteiger partial charge in [0.25, 0.3) is 0 Å². The lowest BCUT2D eigenvalue weighted by molar-refractivity contribution is -0.115. The molecule has 22 heavy (non-hydrogen) atoms. The lowest BCUT2D eigenvalue weighted by Crippen LogP contribution is -2.15. The third-order valence-electron chi connectivity index (χ3n) is 3.27. The molecule has 0 fully saturated rings. The highest BCUT2D eigenvalue weighted by atomic mass is 16.5. The number of ether oxygens (including phenoxy) is 1. The molecular weight excluding hydrogens is 284 g/mol. The van der Waals surface area contributed by atoms with Crippen LogP contribution in [0.15, 0.2) is 36.7 Å². The molecule has 3 rings (SSSR count). The standard InChI is InChI=1S/C15H14N4O3/c1-22-15(21)12-6-10(7-13-11(12)3-4-16-13)18-14(20)8-9-2-5-17-19-9/h2-7,16H,8H2,1H3,(H,17,19)(H,18,20). The fourth-order valence-electron chi connectivity index (χ4n) is 2.28. The average molecular weight is 298 g/mol. The minimum atomic E-state index is -0.450. The van der Waals surface area contributed by atoms with Crippen molar-refractivity contribution < 1.29 is 14.3 Å². The van der Waals surface area contributed by atoms with E-state index in [2.05, 4.69) is 20.5 Å². The number of amides is 1. The van der Waals surface area contributed by atoms with Crippen molar-refractivity contribution in [2.75, 3.05) is 12.4 Å². The monoisotopic (exact) mass is 298 g/mol. The first kappa shape index (κ1) is 13.9. The van der Waals surface area contributed by atoms with Crippen LogP contribution in [0.4, 0.5) is 5.69 Å². The second kappa shape index (κ2) is 5.72. The Kier molecular flexibility index (Phi) is 3.61. The molecule has 1 aromatic carbocycles. The van der Waals surface area contributed by atoms with Crippen molar-refractivity contribution >= 4 is 28.5 Å². The molecule has 2 aromatic heterocycles. The van der Waals surface area contributed by atoms with E-state index >= 15 is 0 Å². The number of nitrogens with zero attached hydrogens (tertiary/aromatic N) is 1. The molecule has 1 amide bonds. The molecule has 0 bridgehead atoms. The first-order valence-corrected chi connectivity index (χ1v) is 6.65. The van der Waals surface area contributed by atoms with Gasteiger partial charge in [0, 0.05) is 34.7 Å². The molecule has 0 aliphatic rings. The van der Waals surface area contributed by atoms with E-state index in [0.29, 0.717) is 16.9 Å². The Hall–Kier alpha value is -3.09. The summed E-state index contributed by atoms with van der Waals surface area (Å²) in [5.41, 5.74) is 2.39. The smallest absolute Gasteiger partial charge is 0.338 e. The van der Waals surface area contributed by atoms with Crippen molar-refractivity contribution in [3.8, 4) is 0 Å². The predicted octanol–water partition coefficient (Wildman–Crippen LogP) is 1.86. The third kappa shape index (κ3) is 2.69. The Bertz CT molecular complexity index is 821. The normalized spacial score (nSPS) is 10.6. The summed E-state index contributed by atoms with van der Waals surface area (Å²) in [6.45, 7) is 0. The summed E-state index contributed by atoms with van der Waals surface area (Å²) in [5, 5.41) is 10.0. The average Bonchev–Trinajstić information content (AvgIpc) is 3.16. The molecule has 3 aromatic rings. The van der Waals surface area contributed by atoms with Gasteiger partial charge in [0.05, 0.1) is 19.1 Å². The predicted molar refractivity (Wildman–Crippen MR) is 80.6 cm³/mol. The number of hydrogen-bond donors (Lipinski definition) is 3. The molecule has 7 heteroatoms. The van der Waals surface area contributed by atoms with E-state index in [-0.39, 0.29) is 12.3 Å². The van der Waals surface area contributed by atoms with Crippen LogP contribution in [0.3, 0.4) is 0 Å². The van der Waals surface area contributed by atoms with Crippen LogP contribution in [0, 0.1) is 0 Å². The zero-order chi connectivity index (χ0) is 15.5. The molecule has 0 radical (unpaired) electrons. The van der Waals surface area contributed by atoms with Crippen LogP contribution < -0.4 is 5.32 Å². The maximum atomic E-state index is 12.0. The number of aromatic nitrogens is 3. The first-order chi connectivity index (χ1) is 10.7. The Morgan fingerprint density at radius 3 is 2.91 bits per heavy atom. The van der Waals surface area contributed by atoms with Gasteiger partial charge in [-0.05, 0) is 24.3 Å². The van der Waals surface area contributed by atoms with Gasteiger partial charge in [-0.3, -0.25) is 9.89 Å². The van der Waals surface area contributed by atoms with Crippen LogP contribution in [0.2, 0.25) is 0 Å². The van der Waals surface area contributed by atoms with Crippen LogP contribution in [0.1, 0.15) is 16.1 Å². The highest BCUT2D eigenvalue weighted by Crippen LogP contribution is 2.24. The summed E-state index contributed by atoms with van der Waals surface area (Å²) in [6.07, 6.45) is 3.49. The Balaban J connectivity index is 1.87. The number of carbonyl (C=O) groups is 2. The van der Waals surface area contributed by atoms with E-state index in [1.54, 1.807) is 36.7 Å². The largest absolute Gasteiger partial charge is 0.465 e. The van der Waals surface area contributed by atoms with Crippen molar-refractivity contribution in [2.24, 2.45) is 0 Å². The number of hydrogen-bond acceptors (Lipinski definition) is 4. The van der Waals surface area contributed by atoms with E-state index in [1.165, 1.54) is 7.11 Å². The van der Waals surface area contributed by atoms with Gasteiger partial charge in [-0.15, -0.1) is 0 Å². The first-order valence-electron chi connectivity index (χ1n) is 6.65. The van der Waals surface area contributed by atoms with Crippen LogP contribution >= 0.6 is 0 Å². The molecule has 2 heterocycles. The van der Waals surface area contributed by atoms with Gasteiger partial charge >= 0.3 is 5.97 Å². The maximum absolute atomic E-state index is 12.0. The number of nitrogens with one attached hydrogen (secondary N) is 3. The summed E-state index contributed by atoms with van der Waals surface area (Å²) in [6, 6.07) is 6.89. The number of anilines is 1. The molecule has 0 unspecified atom stereocenters. The minimum absolute atomic E-state index is 0.177. The van der Waals surface area contributed by atoms with Crippen LogP contribution in [-0.2, 0) is 16.0 Å². The highest BCUT2D eigenvalue weighted by Gasteiger charge is 2.14. The Morgan fingerprint density at radius 1 is 1.32 bits per heavy atom. The third-order valence-corrected chi connectivity index (χ3v) is 3.27. The van der Waals surface area contributed by atoms with E-state index in [4.69, 9.17) is 4.74 Å². The van der Waals surface area contributed by atoms with Crippen LogP contribution in [0.5, 0.6) is 0 Å². The number of methoxy groups -OCH3 is 1. The van der Waals surface area contributed by atoms with Gasteiger partial charge in [-0.1, -0.05) is 0 Å². The van der Waals surface area contributed by atoms with Gasteiger partial charge in [-0.25, -0.2) is 4.79 Å². The molecule has 0 saturated heterocycles. The zero-order valence-electron chi connectivity index (χ0n) is 11.8. The fraction of sp³-hybridized carbons (Fsp3) is 0.133. The summed E-state index contributed by atoms with van der Waals surface area (Å²) in [5.74, 6) is -0.653. The maximum Gasteiger partial charge on any atom is 0.338 e. The molecule has 0 aliphatic heterocycles. The molecule has 0 saturated carbocycles. The van der Waals surface area contributed by atoms with Gasteiger partial charge in [0.1, 0.15) is 0 Å². The second-order valence-corrected chi connectivity index (χ2v) is 4.76. The van der Waals surface area contributed by atoms with Crippen molar-refractivity contribution in [2.45, 2.75) is 6.42 Å². The quantitative estimate of drug-likeness (QED) is 0.640. The summed E-state index contributed by atoms with van der Waals surface area (Å²) in [4.78, 5) is 26.9. The highest BCUT2D eigenvalue weighted by molar-refractivity contribution is 6.06. The van der Waals surface area contributed by atoms with Crippen LogP contribution in [-0.4, -0.2) is 34.2 Å². The molecule has 0 aliphatic carbocycles. The number of rotatable bonds is 4. The van der Waals surface area contributed by atoms with Crippen molar-refractivity contribution in [1.29, 1.82) is 0 Å². The van der Waals surface area contributed by atoms with Gasteiger partial charge in [0.2, 0.25) is 5.91 Å². The Morgan fingerprint density at radius 2 is 2.18 bits per heavy atom. The lowest BCUT2D eigenvalue weighted by Gasteiger charge is -2.08. The van der Waals surface area contributed by atoms with E-state index in [1.807, 2.05) is 0 Å². The van der Waals surface area contributed by atoms with E-state index in [9.17, 15) is 9.59 Å². The SMILES string of the molecule is COC(=O)c1cc(NC(=O)Cc2ccn[nH]2)cc2[nH]ccc12. The molecular formula is C15H14N4O3. The van der Waals surface area contributed by atoms with Crippen molar-refractivity contribution in [3.05, 3.63) is 47.9 Å². The molecule has 0 atom stereocenters. The number of fused-ring (bicyclic) bond motifs is 1. The van der Waals surface area contributed by atoms with Crippen molar-refractivity contribution in [3.63, 3.8) is 0 Å². The van der Waals surface area contributed by atoms with E-state index < -0.39 is 5.97 Å². The zero-order valence-corrected chi connectivity index (χ0v) is 11.8. The molecule has 112 valence electrons. The van der Waals surface area contributed by atoms with E-state index in [0.717, 1.165) is 10.9 Å². The summed E-state index contributed by atoms with van der Waals surface area (Å²) >= 11 is 0. The van der Waals surface area contributed by atoms with Crippen molar-refractivity contribution in [1.82, 2.24) is 15.2 Å². The molecule has 3 N–H and O–H groups in total. The van der Waals surface area contributed by atoms with Crippen LogP contribution in [0.25, 0.3) is 10.9 Å². The molecule has 0 spiro atoms. The Labute approximate surface area is 125 Å². The lowest BCUT2D eigenvalue weighted by atomic mass is 10.1. The molecule has 7 nitrogen and oxygen atoms in total. The van der Waals surface area contributed by atoms with Gasteiger partial charge in [-0.2, -0.15) is 5.10 Å². The number of aromatic amines is 2. The number of carbonyl (C=O) groups excluding carboxylic acids is 2. The minimum Gasteiger partial charge on any atom is -0.465 e. The number of esters is 1. The fourth-order valence-corrected chi connectivity index (χ4v) is 2.28. The number of H-pyrrole nitrogens is 2. The number of benzene rings is 1. The second-order valence-electron chi connectivity index (χ2n) is 4.76. The summed E-state index contributed by atoms with van der Waals surface area (Å²) in [7, 11) is 1.32.